The van der Waals surface area contributed by atoms with Crippen molar-refractivity contribution >= 4 is 52.7 Å². The summed E-state index contributed by atoms with van der Waals surface area (Å²) in [6.45, 7) is 1.07. The Morgan fingerprint density at radius 2 is 0.584 bits per heavy atom. The van der Waals surface area contributed by atoms with Gasteiger partial charge in [0.2, 0.25) is 64.3 Å². The van der Waals surface area contributed by atoms with Crippen LogP contribution in [0, 0.1) is 107 Å². The van der Waals surface area contributed by atoms with Crippen molar-refractivity contribution in [1.29, 1.82) is 0 Å². The molecule has 0 bridgehead atoms. The van der Waals surface area contributed by atoms with Gasteiger partial charge < -0.3 is 18.9 Å². The minimum Gasteiger partial charge on any atom is -0.497 e. The van der Waals surface area contributed by atoms with Gasteiger partial charge in [0.05, 0.1) is 34.1 Å². The molecular formula is C46H22Cl2F16O10S3. The molecule has 0 N–H and O–H groups in total. The molecule has 31 heteroatoms. The molecule has 7 aromatic rings. The Hall–Kier alpha value is -6.95. The topological polar surface area (TPSA) is 139 Å². The van der Waals surface area contributed by atoms with Gasteiger partial charge in [0.25, 0.3) is 0 Å². The second-order valence-corrected chi connectivity index (χ2v) is 21.4. The average Bonchev–Trinajstić information content (AvgIpc) is 3.37. The molecule has 0 aromatic heterocycles. The van der Waals surface area contributed by atoms with Crippen LogP contribution in [0.2, 0.25) is 10.0 Å². The molecule has 410 valence electrons. The zero-order chi connectivity index (χ0) is 57.9. The number of hydrogen-bond acceptors (Lipinski definition) is 10. The van der Waals surface area contributed by atoms with Crippen LogP contribution in [0.25, 0.3) is 0 Å². The summed E-state index contributed by atoms with van der Waals surface area (Å²) in [5.41, 5.74) is -2.60. The molecule has 0 aliphatic rings. The van der Waals surface area contributed by atoms with Gasteiger partial charge in [-0.2, -0.15) is 17.6 Å². The van der Waals surface area contributed by atoms with Gasteiger partial charge in [-0.05, 0) is 74.5 Å². The van der Waals surface area contributed by atoms with E-state index in [0.717, 1.165) is 48.5 Å². The van der Waals surface area contributed by atoms with Crippen LogP contribution >= 0.6 is 23.2 Å². The maximum absolute atomic E-state index is 14.9. The molecule has 0 spiro atoms. The van der Waals surface area contributed by atoms with Crippen LogP contribution < -0.4 is 18.9 Å². The second-order valence-electron chi connectivity index (χ2n) is 15.0. The predicted molar refractivity (Wildman–Crippen MR) is 234 cm³/mol. The third-order valence-electron chi connectivity index (χ3n) is 10.4. The average molecular weight is 1210 g/mol. The molecule has 0 saturated carbocycles. The smallest absolute Gasteiger partial charge is 0.218 e. The lowest BCUT2D eigenvalue weighted by Gasteiger charge is -2.15. The van der Waals surface area contributed by atoms with Crippen LogP contribution in [0.4, 0.5) is 70.2 Å². The maximum atomic E-state index is 14.9. The summed E-state index contributed by atoms with van der Waals surface area (Å²) in [5.74, 6) is -44.1. The molecule has 0 amide bonds. The van der Waals surface area contributed by atoms with Crippen molar-refractivity contribution in [2.75, 3.05) is 14.2 Å². The Morgan fingerprint density at radius 1 is 0.325 bits per heavy atom. The first-order valence-corrected chi connectivity index (χ1v) is 25.2. The van der Waals surface area contributed by atoms with Crippen molar-refractivity contribution in [2.45, 2.75) is 43.2 Å². The van der Waals surface area contributed by atoms with Gasteiger partial charge in [-0.3, -0.25) is 0 Å². The summed E-state index contributed by atoms with van der Waals surface area (Å²) in [4.78, 5) is -11.0. The normalized spacial score (nSPS) is 11.8. The number of ether oxygens (including phenoxy) is 4. The fraction of sp³-hybridized carbons (Fsp3) is 0.0870. The van der Waals surface area contributed by atoms with Crippen molar-refractivity contribution in [2.24, 2.45) is 0 Å². The number of hydrogen-bond donors (Lipinski definition) is 0. The zero-order valence-electron chi connectivity index (χ0n) is 37.9. The van der Waals surface area contributed by atoms with Gasteiger partial charge in [0, 0.05) is 11.1 Å². The quantitative estimate of drug-likeness (QED) is 0.0858. The number of methoxy groups -OCH3 is 2. The third-order valence-corrected chi connectivity index (χ3v) is 16.3. The second kappa shape index (κ2) is 21.8. The Morgan fingerprint density at radius 3 is 0.857 bits per heavy atom. The Balaban J connectivity index is 0.000000260. The van der Waals surface area contributed by atoms with Crippen molar-refractivity contribution in [1.82, 2.24) is 0 Å². The molecule has 0 unspecified atom stereocenters. The van der Waals surface area contributed by atoms with E-state index in [2.05, 4.69) is 0 Å². The highest BCUT2D eigenvalue weighted by Gasteiger charge is 2.43. The number of benzene rings is 7. The van der Waals surface area contributed by atoms with Crippen LogP contribution in [-0.4, -0.2) is 39.5 Å². The minimum absolute atomic E-state index is 0.00756. The number of sulfone groups is 3. The Kier molecular flexibility index (Phi) is 16.8. The first kappa shape index (κ1) is 59.3. The number of rotatable bonds is 12. The maximum Gasteiger partial charge on any atom is 0.218 e. The molecule has 0 atom stereocenters. The minimum atomic E-state index is -6.33. The fourth-order valence-electron chi connectivity index (χ4n) is 6.54. The summed E-state index contributed by atoms with van der Waals surface area (Å²) in [6.07, 6.45) is 0. The first-order chi connectivity index (χ1) is 35.7. The Bertz CT molecular complexity index is 3810. The lowest BCUT2D eigenvalue weighted by Crippen LogP contribution is -2.17. The summed E-state index contributed by atoms with van der Waals surface area (Å²) < 4.78 is 326. The molecule has 7 rings (SSSR count). The molecule has 0 saturated heterocycles. The third kappa shape index (κ3) is 10.4. The zero-order valence-corrected chi connectivity index (χ0v) is 41.8. The SMILES string of the molecule is COc1c(Cl)cc(S(=O)(=O)c2ccc(Oc3c(F)c(F)c(S(=O)(=O)c4c(F)c(F)c(C)c(F)c4F)c(F)c3F)cc2)cc1Cl.COc1ccc(Oc2c(F)c(F)c(S(=O)(=O)c3c(F)c(F)c(C)c(F)c3F)c(F)c2F)cc1. The van der Waals surface area contributed by atoms with Crippen LogP contribution in [-0.2, 0) is 29.5 Å². The molecule has 0 radical (unpaired) electrons. The van der Waals surface area contributed by atoms with Crippen LogP contribution in [0.5, 0.6) is 34.5 Å². The first-order valence-electron chi connectivity index (χ1n) is 20.0. The molecule has 0 heterocycles. The standard InChI is InChI=1S/C26H12Cl2F8O6S2.C20H10F8O4S/c1-9-15(29)19(33)25(20(34)16(9)30)44(39,40)26-21(35)17(31)24(18(32)22(26)36)42-10-3-5-11(6-4-10)43(37,38)12-7-13(27)23(41-2)14(28)8-12;1-7-10(21)14(25)19(15(26)11(7)22)33(29,30)20-16(27)12(23)18(13(24)17(20)28)32-9-5-3-8(31-2)4-6-9/h3-8H,1-2H3;3-6H,1-2H3. The predicted octanol–water partition coefficient (Wildman–Crippen LogP) is 13.6. The van der Waals surface area contributed by atoms with Crippen LogP contribution in [0.1, 0.15) is 11.1 Å². The van der Waals surface area contributed by atoms with E-state index < -0.39 is 175 Å². The molecule has 10 nitrogen and oxygen atoms in total. The van der Waals surface area contributed by atoms with E-state index in [1.54, 1.807) is 0 Å². The van der Waals surface area contributed by atoms with Crippen molar-refractivity contribution < 1.29 is 114 Å². The Labute approximate surface area is 432 Å². The lowest BCUT2D eigenvalue weighted by atomic mass is 10.2. The van der Waals surface area contributed by atoms with E-state index in [4.69, 9.17) is 42.1 Å². The molecule has 0 aliphatic carbocycles. The molecule has 0 fully saturated rings. The summed E-state index contributed by atoms with van der Waals surface area (Å²) in [7, 11) is -14.3. The fourth-order valence-corrected chi connectivity index (χ4v) is 11.6. The van der Waals surface area contributed by atoms with E-state index in [1.807, 2.05) is 0 Å². The van der Waals surface area contributed by atoms with Gasteiger partial charge >= 0.3 is 0 Å². The summed E-state index contributed by atoms with van der Waals surface area (Å²) >= 11 is 11.9. The van der Waals surface area contributed by atoms with Crippen LogP contribution in [0.15, 0.2) is 90.0 Å². The van der Waals surface area contributed by atoms with E-state index in [-0.39, 0.29) is 32.2 Å². The van der Waals surface area contributed by atoms with E-state index in [9.17, 15) is 95.5 Å². The highest BCUT2D eigenvalue weighted by atomic mass is 35.5. The van der Waals surface area contributed by atoms with Gasteiger partial charge in [0.1, 0.15) is 36.8 Å². The van der Waals surface area contributed by atoms with Crippen molar-refractivity contribution in [3.63, 3.8) is 0 Å². The highest BCUT2D eigenvalue weighted by molar-refractivity contribution is 7.92. The van der Waals surface area contributed by atoms with Gasteiger partial charge in [-0.25, -0.2) is 77.9 Å². The number of halogens is 18. The van der Waals surface area contributed by atoms with E-state index in [1.165, 1.54) is 26.4 Å². The highest BCUT2D eigenvalue weighted by Crippen LogP contribution is 2.43. The van der Waals surface area contributed by atoms with E-state index >= 15 is 0 Å². The lowest BCUT2D eigenvalue weighted by molar-refractivity contribution is 0.349. The molecular weight excluding hydrogens is 1180 g/mol. The largest absolute Gasteiger partial charge is 0.497 e. The summed E-state index contributed by atoms with van der Waals surface area (Å²) in [6, 6.07) is 10.0. The molecule has 7 aromatic carbocycles. The monoisotopic (exact) mass is 1200 g/mol. The van der Waals surface area contributed by atoms with Gasteiger partial charge in [-0.15, -0.1) is 0 Å². The molecule has 0 aliphatic heterocycles. The summed E-state index contributed by atoms with van der Waals surface area (Å²) in [5, 5.41) is -0.302. The van der Waals surface area contributed by atoms with Crippen molar-refractivity contribution in [3.8, 4) is 34.5 Å². The molecule has 77 heavy (non-hydrogen) atoms. The van der Waals surface area contributed by atoms with Gasteiger partial charge in [0.15, 0.2) is 75.6 Å². The van der Waals surface area contributed by atoms with E-state index in [0.29, 0.717) is 13.8 Å². The van der Waals surface area contributed by atoms with Crippen molar-refractivity contribution in [3.05, 3.63) is 175 Å². The van der Waals surface area contributed by atoms with Crippen LogP contribution in [0.3, 0.4) is 0 Å². The van der Waals surface area contributed by atoms with Gasteiger partial charge in [-0.1, -0.05) is 23.2 Å².